The van der Waals surface area contributed by atoms with Crippen molar-refractivity contribution in [2.75, 3.05) is 26.2 Å². The molecule has 1 spiro atoms. The van der Waals surface area contributed by atoms with Crippen LogP contribution >= 0.6 is 11.6 Å². The van der Waals surface area contributed by atoms with Gasteiger partial charge in [0.05, 0.1) is 0 Å². The van der Waals surface area contributed by atoms with Gasteiger partial charge in [0.2, 0.25) is 5.91 Å². The molecule has 0 N–H and O–H groups in total. The Balaban J connectivity index is 1.81. The lowest BCUT2D eigenvalue weighted by Crippen LogP contribution is -2.75. The van der Waals surface area contributed by atoms with Gasteiger partial charge in [0, 0.05) is 37.1 Å². The predicted molar refractivity (Wildman–Crippen MR) is 65.7 cm³/mol. The monoisotopic (exact) mass is 244 g/mol. The first kappa shape index (κ1) is 12.2. The van der Waals surface area contributed by atoms with E-state index in [1.165, 1.54) is 0 Å². The van der Waals surface area contributed by atoms with Gasteiger partial charge in [-0.3, -0.25) is 9.69 Å². The van der Waals surface area contributed by atoms with E-state index in [-0.39, 0.29) is 16.8 Å². The maximum Gasteiger partial charge on any atom is 0.240 e. The zero-order valence-electron chi connectivity index (χ0n) is 10.6. The number of amides is 1. The molecule has 0 radical (unpaired) electrons. The molecule has 2 rings (SSSR count). The maximum absolute atomic E-state index is 11.6. The summed E-state index contributed by atoms with van der Waals surface area (Å²) in [5, 5.41) is -0.379. The summed E-state index contributed by atoms with van der Waals surface area (Å²) < 4.78 is 0. The highest BCUT2D eigenvalue weighted by Crippen LogP contribution is 2.42. The Labute approximate surface area is 103 Å². The lowest BCUT2D eigenvalue weighted by Gasteiger charge is -2.63. The smallest absolute Gasteiger partial charge is 0.240 e. The molecule has 92 valence electrons. The second-order valence-corrected chi connectivity index (χ2v) is 6.99. The third-order valence-corrected chi connectivity index (χ3v) is 3.89. The Kier molecular flexibility index (Phi) is 2.75. The average Bonchev–Trinajstić information content (AvgIpc) is 1.95. The van der Waals surface area contributed by atoms with Gasteiger partial charge in [-0.1, -0.05) is 0 Å². The van der Waals surface area contributed by atoms with E-state index in [2.05, 4.69) is 25.7 Å². The minimum absolute atomic E-state index is 0.0847. The molecule has 16 heavy (non-hydrogen) atoms. The number of alkyl halides is 1. The first-order valence-electron chi connectivity index (χ1n) is 5.91. The van der Waals surface area contributed by atoms with Crippen molar-refractivity contribution in [1.29, 1.82) is 0 Å². The maximum atomic E-state index is 11.6. The zero-order chi connectivity index (χ0) is 12.1. The minimum atomic E-state index is -0.379. The minimum Gasteiger partial charge on any atom is -0.340 e. The van der Waals surface area contributed by atoms with E-state index in [0.717, 1.165) is 26.2 Å². The molecule has 1 atom stereocenters. The molecule has 1 amide bonds. The van der Waals surface area contributed by atoms with Gasteiger partial charge < -0.3 is 4.90 Å². The van der Waals surface area contributed by atoms with E-state index in [1.807, 2.05) is 4.90 Å². The Morgan fingerprint density at radius 2 is 1.75 bits per heavy atom. The molecule has 0 aliphatic carbocycles. The third kappa shape index (κ3) is 1.95. The Morgan fingerprint density at radius 3 is 2.12 bits per heavy atom. The summed E-state index contributed by atoms with van der Waals surface area (Å²) in [5.41, 5.74) is 0.643. The summed E-state index contributed by atoms with van der Waals surface area (Å²) in [6, 6.07) is 0. The van der Waals surface area contributed by atoms with Crippen LogP contribution in [0.15, 0.2) is 0 Å². The second kappa shape index (κ2) is 3.61. The predicted octanol–water partition coefficient (Wildman–Crippen LogP) is 1.56. The van der Waals surface area contributed by atoms with Crippen molar-refractivity contribution in [1.82, 2.24) is 9.80 Å². The molecular formula is C12H21ClN2O. The van der Waals surface area contributed by atoms with Crippen molar-refractivity contribution < 1.29 is 4.79 Å². The van der Waals surface area contributed by atoms with E-state index in [1.54, 1.807) is 6.92 Å². The summed E-state index contributed by atoms with van der Waals surface area (Å²) >= 11 is 5.79. The van der Waals surface area contributed by atoms with Crippen LogP contribution in [0.3, 0.4) is 0 Å². The lowest BCUT2D eigenvalue weighted by molar-refractivity contribution is -0.167. The van der Waals surface area contributed by atoms with E-state index >= 15 is 0 Å². The van der Waals surface area contributed by atoms with Crippen LogP contribution in [0.5, 0.6) is 0 Å². The molecule has 0 saturated carbocycles. The summed E-state index contributed by atoms with van der Waals surface area (Å²) in [7, 11) is 0. The van der Waals surface area contributed by atoms with Gasteiger partial charge in [-0.2, -0.15) is 0 Å². The molecule has 2 aliphatic heterocycles. The van der Waals surface area contributed by atoms with Crippen LogP contribution in [0.4, 0.5) is 0 Å². The van der Waals surface area contributed by atoms with Crippen molar-refractivity contribution in [2.45, 2.75) is 38.6 Å². The Hall–Kier alpha value is -0.280. The van der Waals surface area contributed by atoms with Crippen LogP contribution in [0, 0.1) is 5.41 Å². The number of carbonyl (C=O) groups is 1. The second-order valence-electron chi connectivity index (χ2n) is 6.34. The van der Waals surface area contributed by atoms with Crippen LogP contribution < -0.4 is 0 Å². The molecule has 2 aliphatic rings. The molecule has 1 unspecified atom stereocenters. The van der Waals surface area contributed by atoms with Crippen molar-refractivity contribution in [2.24, 2.45) is 5.41 Å². The van der Waals surface area contributed by atoms with Gasteiger partial charge in [-0.15, -0.1) is 11.6 Å². The van der Waals surface area contributed by atoms with Crippen LogP contribution in [0.25, 0.3) is 0 Å². The zero-order valence-corrected chi connectivity index (χ0v) is 11.3. The van der Waals surface area contributed by atoms with Crippen LogP contribution in [-0.4, -0.2) is 52.8 Å². The molecule has 0 aromatic heterocycles. The normalized spacial score (nSPS) is 26.2. The van der Waals surface area contributed by atoms with Gasteiger partial charge in [0.15, 0.2) is 0 Å². The molecule has 0 aromatic rings. The summed E-state index contributed by atoms with van der Waals surface area (Å²) in [4.78, 5) is 16.0. The van der Waals surface area contributed by atoms with Crippen LogP contribution in [0.2, 0.25) is 0 Å². The molecule has 0 aromatic carbocycles. The first-order valence-corrected chi connectivity index (χ1v) is 6.35. The lowest BCUT2D eigenvalue weighted by atomic mass is 9.71. The summed E-state index contributed by atoms with van der Waals surface area (Å²) in [6.07, 6.45) is 0. The summed E-state index contributed by atoms with van der Waals surface area (Å²) in [5.74, 6) is 0.0847. The quantitative estimate of drug-likeness (QED) is 0.654. The van der Waals surface area contributed by atoms with E-state index in [9.17, 15) is 4.79 Å². The fourth-order valence-electron chi connectivity index (χ4n) is 2.61. The third-order valence-electron chi connectivity index (χ3n) is 3.71. The van der Waals surface area contributed by atoms with Gasteiger partial charge in [0.1, 0.15) is 5.38 Å². The number of nitrogens with zero attached hydrogens (tertiary/aromatic N) is 2. The molecule has 2 fully saturated rings. The van der Waals surface area contributed by atoms with Crippen molar-refractivity contribution >= 4 is 17.5 Å². The van der Waals surface area contributed by atoms with E-state index in [0.29, 0.717) is 5.41 Å². The molecule has 2 heterocycles. The van der Waals surface area contributed by atoms with Crippen molar-refractivity contribution in [3.05, 3.63) is 0 Å². The molecule has 3 nitrogen and oxygen atoms in total. The van der Waals surface area contributed by atoms with Crippen LogP contribution in [-0.2, 0) is 4.79 Å². The standard InChI is InChI=1S/C12H21ClN2O/c1-9(13)10(16)14-5-12(6-14)7-15(8-12)11(2,3)4/h9H,5-8H2,1-4H3. The SMILES string of the molecule is CC(Cl)C(=O)N1CC2(C1)CN(C(C)(C)C)C2. The highest BCUT2D eigenvalue weighted by Gasteiger charge is 2.55. The largest absolute Gasteiger partial charge is 0.340 e. The average molecular weight is 245 g/mol. The number of rotatable bonds is 1. The highest BCUT2D eigenvalue weighted by molar-refractivity contribution is 6.30. The van der Waals surface area contributed by atoms with Gasteiger partial charge in [0.25, 0.3) is 0 Å². The number of halogens is 1. The number of likely N-dealkylation sites (tertiary alicyclic amines) is 2. The van der Waals surface area contributed by atoms with Crippen molar-refractivity contribution in [3.8, 4) is 0 Å². The number of hydrogen-bond acceptors (Lipinski definition) is 2. The topological polar surface area (TPSA) is 23.6 Å². The Bertz CT molecular complexity index is 295. The van der Waals surface area contributed by atoms with E-state index in [4.69, 9.17) is 11.6 Å². The van der Waals surface area contributed by atoms with E-state index < -0.39 is 0 Å². The molecule has 0 bridgehead atoms. The first-order chi connectivity index (χ1) is 7.23. The highest BCUT2D eigenvalue weighted by atomic mass is 35.5. The molecular weight excluding hydrogens is 224 g/mol. The number of hydrogen-bond donors (Lipinski definition) is 0. The summed E-state index contributed by atoms with van der Waals surface area (Å²) in [6.45, 7) is 12.5. The molecule has 4 heteroatoms. The fourth-order valence-corrected chi connectivity index (χ4v) is 2.75. The van der Waals surface area contributed by atoms with Gasteiger partial charge in [-0.25, -0.2) is 0 Å². The molecule has 2 saturated heterocycles. The van der Waals surface area contributed by atoms with Crippen molar-refractivity contribution in [3.63, 3.8) is 0 Å². The van der Waals surface area contributed by atoms with Gasteiger partial charge in [-0.05, 0) is 27.7 Å². The number of carbonyl (C=O) groups excluding carboxylic acids is 1. The van der Waals surface area contributed by atoms with Crippen LogP contribution in [0.1, 0.15) is 27.7 Å². The fraction of sp³-hybridized carbons (Fsp3) is 0.917. The van der Waals surface area contributed by atoms with Gasteiger partial charge >= 0.3 is 0 Å². The Morgan fingerprint density at radius 1 is 1.25 bits per heavy atom.